The Kier molecular flexibility index (Phi) is 6.32. The summed E-state index contributed by atoms with van der Waals surface area (Å²) in [6.45, 7) is 8.36. The molecule has 0 fully saturated rings. The fourth-order valence-electron chi connectivity index (χ4n) is 4.34. The van der Waals surface area contributed by atoms with Gasteiger partial charge in [0.1, 0.15) is 0 Å². The number of nitrogens with one attached hydrogen (secondary N) is 3. The monoisotopic (exact) mass is 506 g/mol. The molecule has 5 rings (SSSR count). The molecular weight excluding hydrogens is 476 g/mol. The van der Waals surface area contributed by atoms with Gasteiger partial charge >= 0.3 is 0 Å². The molecule has 0 aliphatic heterocycles. The average Bonchev–Trinajstić information content (AvgIpc) is 3.35. The largest absolute Gasteiger partial charge is 0.336 e. The van der Waals surface area contributed by atoms with E-state index in [1.807, 2.05) is 67.6 Å². The number of nitrogens with zero attached hydrogens (tertiary/aromatic N) is 3. The molecule has 3 aromatic carbocycles. The van der Waals surface area contributed by atoms with Crippen molar-refractivity contribution in [2.24, 2.45) is 7.05 Å². The quantitative estimate of drug-likeness (QED) is 0.274. The molecule has 5 aromatic rings. The summed E-state index contributed by atoms with van der Waals surface area (Å²) < 4.78 is 1.50. The maximum Gasteiger partial charge on any atom is 0.293 e. The highest BCUT2D eigenvalue weighted by molar-refractivity contribution is 6.05. The summed E-state index contributed by atoms with van der Waals surface area (Å²) in [7, 11) is 1.69. The van der Waals surface area contributed by atoms with Crippen molar-refractivity contribution < 1.29 is 4.79 Å². The van der Waals surface area contributed by atoms with Crippen LogP contribution in [0.3, 0.4) is 0 Å². The zero-order valence-corrected chi connectivity index (χ0v) is 22.1. The Morgan fingerprint density at radius 1 is 1.03 bits per heavy atom. The SMILES string of the molecule is Cc1c(NC(=O)c2ccc(C(C)(C)C)cc2)cccc1-c1cn(C)c(=O)c(Nc2ccc3[nH]ncc3c2)n1. The maximum atomic E-state index is 13.0. The van der Waals surface area contributed by atoms with Crippen LogP contribution in [0.15, 0.2) is 77.9 Å². The molecule has 0 radical (unpaired) electrons. The van der Waals surface area contributed by atoms with Crippen molar-refractivity contribution in [3.05, 3.63) is 100 Å². The van der Waals surface area contributed by atoms with Crippen molar-refractivity contribution in [2.75, 3.05) is 10.6 Å². The Labute approximate surface area is 220 Å². The van der Waals surface area contributed by atoms with E-state index in [1.165, 1.54) is 10.1 Å². The first-order chi connectivity index (χ1) is 18.1. The molecule has 0 aliphatic rings. The molecule has 0 aliphatic carbocycles. The lowest BCUT2D eigenvalue weighted by Crippen LogP contribution is -2.21. The minimum atomic E-state index is -0.248. The van der Waals surface area contributed by atoms with Crippen LogP contribution < -0.4 is 16.2 Å². The van der Waals surface area contributed by atoms with Gasteiger partial charge in [-0.15, -0.1) is 0 Å². The highest BCUT2D eigenvalue weighted by Gasteiger charge is 2.16. The lowest BCUT2D eigenvalue weighted by Gasteiger charge is -2.19. The van der Waals surface area contributed by atoms with E-state index in [9.17, 15) is 9.59 Å². The second kappa shape index (κ2) is 9.63. The lowest BCUT2D eigenvalue weighted by atomic mass is 9.86. The van der Waals surface area contributed by atoms with Crippen LogP contribution >= 0.6 is 0 Å². The van der Waals surface area contributed by atoms with Crippen LogP contribution in [-0.4, -0.2) is 25.7 Å². The molecule has 0 spiro atoms. The van der Waals surface area contributed by atoms with Crippen LogP contribution in [0.25, 0.3) is 22.2 Å². The Balaban J connectivity index is 1.43. The number of anilines is 3. The van der Waals surface area contributed by atoms with Gasteiger partial charge in [-0.05, 0) is 59.9 Å². The minimum Gasteiger partial charge on any atom is -0.336 e. The summed E-state index contributed by atoms with van der Waals surface area (Å²) in [5.41, 5.74) is 6.13. The first-order valence-corrected chi connectivity index (χ1v) is 12.4. The van der Waals surface area contributed by atoms with Crippen molar-refractivity contribution >= 4 is 34.0 Å². The molecule has 192 valence electrons. The number of rotatable bonds is 5. The smallest absolute Gasteiger partial charge is 0.293 e. The molecule has 0 unspecified atom stereocenters. The fraction of sp³-hybridized carbons (Fsp3) is 0.200. The lowest BCUT2D eigenvalue weighted by molar-refractivity contribution is 0.102. The Hall–Kier alpha value is -4.72. The third-order valence-corrected chi connectivity index (χ3v) is 6.65. The van der Waals surface area contributed by atoms with Crippen molar-refractivity contribution in [1.82, 2.24) is 19.7 Å². The highest BCUT2D eigenvalue weighted by atomic mass is 16.1. The molecule has 0 saturated heterocycles. The van der Waals surface area contributed by atoms with E-state index < -0.39 is 0 Å². The van der Waals surface area contributed by atoms with Gasteiger partial charge in [0.15, 0.2) is 5.82 Å². The van der Waals surface area contributed by atoms with E-state index >= 15 is 0 Å². The van der Waals surface area contributed by atoms with E-state index in [0.29, 0.717) is 16.9 Å². The van der Waals surface area contributed by atoms with Crippen LogP contribution in [0.1, 0.15) is 42.3 Å². The van der Waals surface area contributed by atoms with Crippen molar-refractivity contribution in [2.45, 2.75) is 33.1 Å². The van der Waals surface area contributed by atoms with Gasteiger partial charge in [0.25, 0.3) is 11.5 Å². The van der Waals surface area contributed by atoms with Crippen LogP contribution in [0.2, 0.25) is 0 Å². The van der Waals surface area contributed by atoms with Gasteiger partial charge in [-0.3, -0.25) is 14.7 Å². The number of aromatic amines is 1. The van der Waals surface area contributed by atoms with E-state index in [1.54, 1.807) is 19.4 Å². The predicted octanol–water partition coefficient (Wildman–Crippen LogP) is 5.93. The minimum absolute atomic E-state index is 0.0163. The zero-order chi connectivity index (χ0) is 27.0. The van der Waals surface area contributed by atoms with Crippen LogP contribution in [-0.2, 0) is 12.5 Å². The summed E-state index contributed by atoms with van der Waals surface area (Å²) in [4.78, 5) is 30.5. The number of fused-ring (bicyclic) bond motifs is 1. The number of carbonyl (C=O) groups excluding carboxylic acids is 1. The highest BCUT2D eigenvalue weighted by Crippen LogP contribution is 2.29. The number of H-pyrrole nitrogens is 1. The molecule has 2 heterocycles. The number of carbonyl (C=O) groups is 1. The number of aryl methyl sites for hydroxylation is 1. The zero-order valence-electron chi connectivity index (χ0n) is 22.1. The van der Waals surface area contributed by atoms with E-state index in [-0.39, 0.29) is 22.7 Å². The van der Waals surface area contributed by atoms with Gasteiger partial charge in [0.05, 0.1) is 17.4 Å². The first-order valence-electron chi connectivity index (χ1n) is 12.4. The second-order valence-corrected chi connectivity index (χ2v) is 10.4. The van der Waals surface area contributed by atoms with Crippen molar-refractivity contribution in [3.63, 3.8) is 0 Å². The number of hydrogen-bond donors (Lipinski definition) is 3. The van der Waals surface area contributed by atoms with Gasteiger partial charge in [-0.1, -0.05) is 45.0 Å². The topological polar surface area (TPSA) is 105 Å². The summed E-state index contributed by atoms with van der Waals surface area (Å²) in [5, 5.41) is 14.1. The standard InChI is InChI=1S/C30H30N6O2/c1-18-23(7-6-8-24(18)34-28(37)19-9-11-21(12-10-19)30(2,3)4)26-17-36(5)29(38)27(33-26)32-22-13-14-25-20(15-22)16-31-35-25/h6-17H,1-5H3,(H,31,35)(H,32,33)(H,34,37). The fourth-order valence-corrected chi connectivity index (χ4v) is 4.34. The number of benzene rings is 3. The second-order valence-electron chi connectivity index (χ2n) is 10.4. The van der Waals surface area contributed by atoms with Gasteiger partial charge < -0.3 is 15.2 Å². The molecule has 0 atom stereocenters. The van der Waals surface area contributed by atoms with E-state index in [4.69, 9.17) is 0 Å². The molecule has 8 heteroatoms. The molecule has 0 saturated carbocycles. The van der Waals surface area contributed by atoms with Gasteiger partial charge in [-0.2, -0.15) is 5.10 Å². The van der Waals surface area contributed by atoms with Crippen LogP contribution in [0.4, 0.5) is 17.2 Å². The normalized spacial score (nSPS) is 11.5. The molecule has 38 heavy (non-hydrogen) atoms. The molecule has 1 amide bonds. The Morgan fingerprint density at radius 2 is 1.79 bits per heavy atom. The third-order valence-electron chi connectivity index (χ3n) is 6.65. The summed E-state index contributed by atoms with van der Waals surface area (Å²) in [5.74, 6) is 0.0248. The number of hydrogen-bond acceptors (Lipinski definition) is 5. The molecule has 2 aromatic heterocycles. The van der Waals surface area contributed by atoms with E-state index in [2.05, 4.69) is 46.6 Å². The number of aromatic nitrogens is 4. The van der Waals surface area contributed by atoms with E-state index in [0.717, 1.165) is 27.7 Å². The van der Waals surface area contributed by atoms with Gasteiger partial charge in [0, 0.05) is 41.1 Å². The van der Waals surface area contributed by atoms with Crippen molar-refractivity contribution in [3.8, 4) is 11.3 Å². The third kappa shape index (κ3) is 4.93. The predicted molar refractivity (Wildman–Crippen MR) is 152 cm³/mol. The maximum absolute atomic E-state index is 13.0. The molecular formula is C30H30N6O2. The average molecular weight is 507 g/mol. The summed E-state index contributed by atoms with van der Waals surface area (Å²) in [6, 6.07) is 19.0. The first kappa shape index (κ1) is 25.0. The number of amides is 1. The summed E-state index contributed by atoms with van der Waals surface area (Å²) in [6.07, 6.45) is 3.43. The molecule has 0 bridgehead atoms. The van der Waals surface area contributed by atoms with Gasteiger partial charge in [-0.25, -0.2) is 4.98 Å². The van der Waals surface area contributed by atoms with Crippen LogP contribution in [0.5, 0.6) is 0 Å². The van der Waals surface area contributed by atoms with Crippen molar-refractivity contribution in [1.29, 1.82) is 0 Å². The Morgan fingerprint density at radius 3 is 2.53 bits per heavy atom. The molecule has 8 nitrogen and oxygen atoms in total. The Bertz CT molecular complexity index is 1710. The van der Waals surface area contributed by atoms with Gasteiger partial charge in [0.2, 0.25) is 0 Å². The van der Waals surface area contributed by atoms with Crippen LogP contribution in [0, 0.1) is 6.92 Å². The molecule has 3 N–H and O–H groups in total. The summed E-state index contributed by atoms with van der Waals surface area (Å²) >= 11 is 0.